The third-order valence-electron chi connectivity index (χ3n) is 4.18. The van der Waals surface area contributed by atoms with Gasteiger partial charge in [0.2, 0.25) is 0 Å². The zero-order valence-electron chi connectivity index (χ0n) is 12.4. The second-order valence-electron chi connectivity index (χ2n) is 5.63. The molecule has 4 nitrogen and oxygen atoms in total. The minimum absolute atomic E-state index is 0.217. The first-order valence-corrected chi connectivity index (χ1v) is 8.34. The lowest BCUT2D eigenvalue weighted by molar-refractivity contribution is -0.142. The Bertz CT molecular complexity index is 450. The molecular weight excluding hydrogens is 272 g/mol. The number of ether oxygens (including phenoxy) is 1. The number of carbonyl (C=O) groups excluding carboxylic acids is 1. The van der Waals surface area contributed by atoms with E-state index in [-0.39, 0.29) is 17.9 Å². The molecule has 0 atom stereocenters. The van der Waals surface area contributed by atoms with Crippen LogP contribution in [0.5, 0.6) is 0 Å². The maximum atomic E-state index is 11.5. The molecule has 0 radical (unpaired) electrons. The average Bonchev–Trinajstić information content (AvgIpc) is 2.89. The van der Waals surface area contributed by atoms with Crippen molar-refractivity contribution in [3.05, 3.63) is 16.1 Å². The Hall–Kier alpha value is -0.940. The first-order chi connectivity index (χ1) is 9.57. The van der Waals surface area contributed by atoms with Crippen molar-refractivity contribution in [1.29, 1.82) is 0 Å². The van der Waals surface area contributed by atoms with Crippen molar-refractivity contribution in [3.8, 4) is 0 Å². The van der Waals surface area contributed by atoms with Gasteiger partial charge in [-0.25, -0.2) is 4.98 Å². The summed E-state index contributed by atoms with van der Waals surface area (Å²) in [7, 11) is 0. The third kappa shape index (κ3) is 3.58. The molecule has 2 rings (SSSR count). The van der Waals surface area contributed by atoms with Crippen molar-refractivity contribution in [2.24, 2.45) is 11.7 Å². The van der Waals surface area contributed by atoms with Crippen LogP contribution in [-0.4, -0.2) is 17.6 Å². The SMILES string of the molecule is CCOC(=O)Cc1csc(C2(N)CCC(CC)CC2)n1. The van der Waals surface area contributed by atoms with E-state index in [0.717, 1.165) is 29.5 Å². The fourth-order valence-corrected chi connectivity index (χ4v) is 3.78. The van der Waals surface area contributed by atoms with Crippen LogP contribution in [0.2, 0.25) is 0 Å². The molecule has 1 saturated carbocycles. The van der Waals surface area contributed by atoms with Crippen LogP contribution >= 0.6 is 11.3 Å². The molecule has 1 aromatic rings. The van der Waals surface area contributed by atoms with Gasteiger partial charge in [0.1, 0.15) is 5.01 Å². The number of hydrogen-bond donors (Lipinski definition) is 1. The number of thiazole rings is 1. The minimum Gasteiger partial charge on any atom is -0.466 e. The van der Waals surface area contributed by atoms with Crippen LogP contribution in [-0.2, 0) is 21.5 Å². The van der Waals surface area contributed by atoms with E-state index in [1.807, 2.05) is 12.3 Å². The summed E-state index contributed by atoms with van der Waals surface area (Å²) in [5, 5.41) is 2.92. The molecule has 0 amide bonds. The maximum absolute atomic E-state index is 11.5. The number of esters is 1. The molecule has 1 aliphatic carbocycles. The van der Waals surface area contributed by atoms with Gasteiger partial charge < -0.3 is 10.5 Å². The monoisotopic (exact) mass is 296 g/mol. The molecule has 0 bridgehead atoms. The number of aromatic nitrogens is 1. The highest BCUT2D eigenvalue weighted by Crippen LogP contribution is 2.39. The van der Waals surface area contributed by atoms with Crippen molar-refractivity contribution in [3.63, 3.8) is 0 Å². The van der Waals surface area contributed by atoms with Gasteiger partial charge >= 0.3 is 5.97 Å². The number of carbonyl (C=O) groups is 1. The van der Waals surface area contributed by atoms with E-state index in [0.29, 0.717) is 6.61 Å². The average molecular weight is 296 g/mol. The highest BCUT2D eigenvalue weighted by atomic mass is 32.1. The first-order valence-electron chi connectivity index (χ1n) is 7.46. The molecule has 1 aliphatic rings. The molecule has 20 heavy (non-hydrogen) atoms. The van der Waals surface area contributed by atoms with Crippen LogP contribution in [0.25, 0.3) is 0 Å². The van der Waals surface area contributed by atoms with E-state index in [1.54, 1.807) is 11.3 Å². The highest BCUT2D eigenvalue weighted by Gasteiger charge is 2.35. The maximum Gasteiger partial charge on any atom is 0.311 e. The van der Waals surface area contributed by atoms with Crippen LogP contribution in [0.4, 0.5) is 0 Å². The second kappa shape index (κ2) is 6.68. The molecular formula is C15H24N2O2S. The van der Waals surface area contributed by atoms with E-state index >= 15 is 0 Å². The quantitative estimate of drug-likeness (QED) is 0.848. The van der Waals surface area contributed by atoms with E-state index in [4.69, 9.17) is 10.5 Å². The molecule has 0 spiro atoms. The highest BCUT2D eigenvalue weighted by molar-refractivity contribution is 7.09. The molecule has 1 fully saturated rings. The standard InChI is InChI=1S/C15H24N2O2S/c1-3-11-5-7-15(16,8-6-11)14-17-12(10-20-14)9-13(18)19-4-2/h10-11H,3-9,16H2,1-2H3. The van der Waals surface area contributed by atoms with E-state index in [1.165, 1.54) is 19.3 Å². The summed E-state index contributed by atoms with van der Waals surface area (Å²) in [6, 6.07) is 0. The minimum atomic E-state index is -0.288. The lowest BCUT2D eigenvalue weighted by atomic mass is 9.76. The van der Waals surface area contributed by atoms with E-state index in [2.05, 4.69) is 11.9 Å². The lowest BCUT2D eigenvalue weighted by Gasteiger charge is -2.35. The lowest BCUT2D eigenvalue weighted by Crippen LogP contribution is -2.40. The Morgan fingerprint density at radius 3 is 2.80 bits per heavy atom. The Balaban J connectivity index is 1.99. The molecule has 0 unspecified atom stereocenters. The first kappa shape index (κ1) is 15.4. The van der Waals surface area contributed by atoms with Crippen molar-refractivity contribution in [2.75, 3.05) is 6.61 Å². The molecule has 0 aromatic carbocycles. The molecule has 2 N–H and O–H groups in total. The molecule has 1 heterocycles. The van der Waals surface area contributed by atoms with Crippen molar-refractivity contribution < 1.29 is 9.53 Å². The van der Waals surface area contributed by atoms with Gasteiger partial charge in [0.25, 0.3) is 0 Å². The summed E-state index contributed by atoms with van der Waals surface area (Å²) in [6.45, 7) is 4.47. The molecule has 112 valence electrons. The van der Waals surface area contributed by atoms with E-state index in [9.17, 15) is 4.79 Å². The summed E-state index contributed by atoms with van der Waals surface area (Å²) >= 11 is 1.58. The van der Waals surface area contributed by atoms with Crippen LogP contribution in [0.3, 0.4) is 0 Å². The van der Waals surface area contributed by atoms with Gasteiger partial charge in [-0.1, -0.05) is 13.3 Å². The van der Waals surface area contributed by atoms with Crippen LogP contribution < -0.4 is 5.73 Å². The predicted molar refractivity (Wildman–Crippen MR) is 80.6 cm³/mol. The normalized spacial score (nSPS) is 26.4. The molecule has 5 heteroatoms. The number of rotatable bonds is 5. The summed E-state index contributed by atoms with van der Waals surface area (Å²) in [5.41, 5.74) is 7.03. The van der Waals surface area contributed by atoms with Gasteiger partial charge in [-0.15, -0.1) is 11.3 Å². The Kier molecular flexibility index (Phi) is 5.16. The van der Waals surface area contributed by atoms with Crippen molar-refractivity contribution in [1.82, 2.24) is 4.98 Å². The summed E-state index contributed by atoms with van der Waals surface area (Å²) in [5.74, 6) is 0.593. The van der Waals surface area contributed by atoms with Crippen LogP contribution in [0, 0.1) is 5.92 Å². The summed E-state index contributed by atoms with van der Waals surface area (Å²) in [4.78, 5) is 16.0. The third-order valence-corrected chi connectivity index (χ3v) is 5.29. The van der Waals surface area contributed by atoms with Gasteiger partial charge in [0.05, 0.1) is 24.3 Å². The van der Waals surface area contributed by atoms with Gasteiger partial charge in [-0.2, -0.15) is 0 Å². The second-order valence-corrected chi connectivity index (χ2v) is 6.49. The molecule has 0 saturated heterocycles. The fraction of sp³-hybridized carbons (Fsp3) is 0.733. The topological polar surface area (TPSA) is 65.2 Å². The van der Waals surface area contributed by atoms with Crippen molar-refractivity contribution in [2.45, 2.75) is 57.9 Å². The number of hydrogen-bond acceptors (Lipinski definition) is 5. The Labute approximate surface area is 124 Å². The van der Waals surface area contributed by atoms with Crippen LogP contribution in [0.15, 0.2) is 5.38 Å². The largest absolute Gasteiger partial charge is 0.466 e. The van der Waals surface area contributed by atoms with Crippen molar-refractivity contribution >= 4 is 17.3 Å². The van der Waals surface area contributed by atoms with Gasteiger partial charge in [-0.3, -0.25) is 4.79 Å². The van der Waals surface area contributed by atoms with Crippen LogP contribution in [0.1, 0.15) is 56.7 Å². The number of nitrogens with two attached hydrogens (primary N) is 1. The zero-order chi connectivity index (χ0) is 14.6. The smallest absolute Gasteiger partial charge is 0.311 e. The molecule has 1 aromatic heterocycles. The zero-order valence-corrected chi connectivity index (χ0v) is 13.2. The summed E-state index contributed by atoms with van der Waals surface area (Å²) < 4.78 is 4.95. The Morgan fingerprint density at radius 2 is 2.20 bits per heavy atom. The summed E-state index contributed by atoms with van der Waals surface area (Å²) in [6.07, 6.45) is 5.84. The van der Waals surface area contributed by atoms with Gasteiger partial charge in [0.15, 0.2) is 0 Å². The van der Waals surface area contributed by atoms with Gasteiger partial charge in [0, 0.05) is 5.38 Å². The van der Waals surface area contributed by atoms with E-state index < -0.39 is 0 Å². The molecule has 0 aliphatic heterocycles. The Morgan fingerprint density at radius 1 is 1.50 bits per heavy atom. The number of nitrogens with zero attached hydrogens (tertiary/aromatic N) is 1. The predicted octanol–water partition coefficient (Wildman–Crippen LogP) is 3.00. The van der Waals surface area contributed by atoms with Gasteiger partial charge in [-0.05, 0) is 38.5 Å². The fourth-order valence-electron chi connectivity index (χ4n) is 2.79.